The monoisotopic (exact) mass is 365 g/mol. The molecule has 2 heterocycles. The van der Waals surface area contributed by atoms with Crippen LogP contribution in [0.1, 0.15) is 10.4 Å². The van der Waals surface area contributed by atoms with E-state index in [1.165, 1.54) is 12.4 Å². The van der Waals surface area contributed by atoms with Crippen molar-refractivity contribution < 1.29 is 14.6 Å². The minimum atomic E-state index is -0.796. The highest BCUT2D eigenvalue weighted by Crippen LogP contribution is 2.28. The minimum absolute atomic E-state index is 0.218. The first-order valence-electron chi connectivity index (χ1n) is 7.58. The summed E-state index contributed by atoms with van der Waals surface area (Å²) < 4.78 is 0. The molecule has 3 rings (SSSR count). The zero-order chi connectivity index (χ0) is 19.4. The molecule has 3 aromatic rings. The summed E-state index contributed by atoms with van der Waals surface area (Å²) in [7, 11) is 0. The number of aromatic nitrogens is 2. The molecule has 1 aromatic carbocycles. The maximum atomic E-state index is 13.1. The number of nitrogens with zero attached hydrogens (tertiary/aromatic N) is 5. The molecule has 0 aliphatic carbocycles. The minimum Gasteiger partial charge on any atom is -0.268 e. The fourth-order valence-corrected chi connectivity index (χ4v) is 2.36. The Hall–Kier alpha value is -4.21. The van der Waals surface area contributed by atoms with Crippen molar-refractivity contribution in [1.29, 1.82) is 0 Å². The van der Waals surface area contributed by atoms with Gasteiger partial charge in [-0.2, -0.15) is 0 Å². The van der Waals surface area contributed by atoms with Gasteiger partial charge in [0.05, 0.1) is 21.5 Å². The zero-order valence-electron chi connectivity index (χ0n) is 13.6. The van der Waals surface area contributed by atoms with Gasteiger partial charge in [0.1, 0.15) is 11.6 Å². The number of carbonyl (C=O) groups is 1. The number of non-ortho nitro benzene ring substituents is 2. The lowest BCUT2D eigenvalue weighted by Gasteiger charge is -2.20. The van der Waals surface area contributed by atoms with Gasteiger partial charge >= 0.3 is 0 Å². The molecule has 0 radical (unpaired) electrons. The highest BCUT2D eigenvalue weighted by atomic mass is 16.6. The lowest BCUT2D eigenvalue weighted by atomic mass is 10.1. The van der Waals surface area contributed by atoms with Crippen LogP contribution in [-0.4, -0.2) is 25.7 Å². The van der Waals surface area contributed by atoms with Gasteiger partial charge in [0.15, 0.2) is 0 Å². The number of rotatable bonds is 5. The van der Waals surface area contributed by atoms with Crippen LogP contribution in [0.25, 0.3) is 0 Å². The number of nitro benzene ring substituents is 2. The molecule has 0 fully saturated rings. The molecule has 1 amide bonds. The lowest BCUT2D eigenvalue weighted by Crippen LogP contribution is -2.27. The first-order chi connectivity index (χ1) is 13.0. The molecule has 0 saturated heterocycles. The maximum absolute atomic E-state index is 13.1. The van der Waals surface area contributed by atoms with Crippen LogP contribution in [0.4, 0.5) is 23.0 Å². The average molecular weight is 365 g/mol. The van der Waals surface area contributed by atoms with Gasteiger partial charge in [0.25, 0.3) is 17.3 Å². The van der Waals surface area contributed by atoms with Gasteiger partial charge in [-0.05, 0) is 24.3 Å². The second-order valence-electron chi connectivity index (χ2n) is 5.27. The van der Waals surface area contributed by atoms with Gasteiger partial charge in [-0.3, -0.25) is 25.0 Å². The number of nitro groups is 2. The Labute approximate surface area is 152 Å². The van der Waals surface area contributed by atoms with Crippen molar-refractivity contribution >= 4 is 28.9 Å². The van der Waals surface area contributed by atoms with E-state index in [1.807, 2.05) is 0 Å². The Morgan fingerprint density at radius 3 is 1.67 bits per heavy atom. The molecule has 10 nitrogen and oxygen atoms in total. The number of benzene rings is 1. The highest BCUT2D eigenvalue weighted by molar-refractivity contribution is 6.10. The summed E-state index contributed by atoms with van der Waals surface area (Å²) >= 11 is 0. The summed E-state index contributed by atoms with van der Waals surface area (Å²) in [6, 6.07) is 12.5. The Bertz CT molecular complexity index is 939. The molecule has 2 aromatic heterocycles. The third-order valence-electron chi connectivity index (χ3n) is 3.53. The maximum Gasteiger partial charge on any atom is 0.277 e. The van der Waals surface area contributed by atoms with Crippen LogP contribution >= 0.6 is 0 Å². The molecule has 0 N–H and O–H groups in total. The predicted molar refractivity (Wildman–Crippen MR) is 94.7 cm³/mol. The van der Waals surface area contributed by atoms with Crippen molar-refractivity contribution in [2.45, 2.75) is 0 Å². The van der Waals surface area contributed by atoms with E-state index >= 15 is 0 Å². The van der Waals surface area contributed by atoms with Crippen LogP contribution in [0.3, 0.4) is 0 Å². The Kier molecular flexibility index (Phi) is 4.79. The molecular weight excluding hydrogens is 354 g/mol. The van der Waals surface area contributed by atoms with E-state index in [0.717, 1.165) is 23.1 Å². The Morgan fingerprint density at radius 1 is 0.815 bits per heavy atom. The van der Waals surface area contributed by atoms with E-state index in [4.69, 9.17) is 0 Å². The van der Waals surface area contributed by atoms with E-state index in [9.17, 15) is 25.0 Å². The normalized spacial score (nSPS) is 10.2. The summed E-state index contributed by atoms with van der Waals surface area (Å²) in [5, 5.41) is 22.2. The Morgan fingerprint density at radius 2 is 1.30 bits per heavy atom. The van der Waals surface area contributed by atoms with Gasteiger partial charge in [0, 0.05) is 24.5 Å². The number of amides is 1. The lowest BCUT2D eigenvalue weighted by molar-refractivity contribution is -0.394. The molecule has 10 heteroatoms. The summed E-state index contributed by atoms with van der Waals surface area (Å²) in [6.07, 6.45) is 2.93. The fraction of sp³-hybridized carbons (Fsp3) is 0. The van der Waals surface area contributed by atoms with Crippen molar-refractivity contribution in [3.05, 3.63) is 92.8 Å². The molecule has 0 spiro atoms. The summed E-state index contributed by atoms with van der Waals surface area (Å²) in [5.74, 6) is -0.301. The molecule has 0 aliphatic heterocycles. The van der Waals surface area contributed by atoms with Crippen LogP contribution in [0, 0.1) is 20.2 Å². The predicted octanol–water partition coefficient (Wildman–Crippen LogP) is 3.27. The van der Waals surface area contributed by atoms with Gasteiger partial charge in [-0.15, -0.1) is 0 Å². The summed E-state index contributed by atoms with van der Waals surface area (Å²) in [6.45, 7) is 0. The second kappa shape index (κ2) is 7.35. The summed E-state index contributed by atoms with van der Waals surface area (Å²) in [5.41, 5.74) is -1.35. The zero-order valence-corrected chi connectivity index (χ0v) is 13.6. The smallest absolute Gasteiger partial charge is 0.268 e. The third-order valence-corrected chi connectivity index (χ3v) is 3.53. The number of pyridine rings is 2. The SMILES string of the molecule is O=C(c1cc([N+](=O)[O-])cc([N+](=O)[O-])c1)N(c1ccccn1)c1ccccn1. The molecule has 134 valence electrons. The Balaban J connectivity index is 2.15. The standard InChI is InChI=1S/C17H11N5O5/c23-17(12-9-13(21(24)25)11-14(10-12)22(26)27)20(15-5-1-3-7-18-15)16-6-2-4-8-19-16/h1-11H. The van der Waals surface area contributed by atoms with E-state index in [2.05, 4.69) is 9.97 Å². The van der Waals surface area contributed by atoms with E-state index in [-0.39, 0.29) is 17.2 Å². The van der Waals surface area contributed by atoms with Gasteiger partial charge in [0.2, 0.25) is 0 Å². The van der Waals surface area contributed by atoms with Crippen molar-refractivity contribution in [3.8, 4) is 0 Å². The van der Waals surface area contributed by atoms with Crippen LogP contribution in [0.2, 0.25) is 0 Å². The van der Waals surface area contributed by atoms with Crippen LogP contribution in [0.15, 0.2) is 67.0 Å². The third kappa shape index (κ3) is 3.74. The van der Waals surface area contributed by atoms with Crippen LogP contribution in [0.5, 0.6) is 0 Å². The van der Waals surface area contributed by atoms with Crippen molar-refractivity contribution in [3.63, 3.8) is 0 Å². The quantitative estimate of drug-likeness (QED) is 0.500. The fourth-order valence-electron chi connectivity index (χ4n) is 2.36. The van der Waals surface area contributed by atoms with E-state index < -0.39 is 27.1 Å². The molecule has 0 aliphatic rings. The second-order valence-corrected chi connectivity index (χ2v) is 5.27. The van der Waals surface area contributed by atoms with Gasteiger partial charge in [-0.1, -0.05) is 12.1 Å². The number of anilines is 2. The summed E-state index contributed by atoms with van der Waals surface area (Å²) in [4.78, 5) is 43.0. The highest BCUT2D eigenvalue weighted by Gasteiger charge is 2.26. The number of hydrogen-bond donors (Lipinski definition) is 0. The first kappa shape index (κ1) is 17.6. The van der Waals surface area contributed by atoms with Crippen LogP contribution in [-0.2, 0) is 0 Å². The van der Waals surface area contributed by atoms with Crippen LogP contribution < -0.4 is 4.90 Å². The van der Waals surface area contributed by atoms with Crippen molar-refractivity contribution in [2.24, 2.45) is 0 Å². The van der Waals surface area contributed by atoms with Crippen molar-refractivity contribution in [1.82, 2.24) is 9.97 Å². The van der Waals surface area contributed by atoms with E-state index in [1.54, 1.807) is 36.4 Å². The molecule has 0 unspecified atom stereocenters. The molecule has 0 bridgehead atoms. The average Bonchev–Trinajstić information content (AvgIpc) is 2.69. The molecular formula is C17H11N5O5. The van der Waals surface area contributed by atoms with Crippen molar-refractivity contribution in [2.75, 3.05) is 4.90 Å². The number of hydrogen-bond acceptors (Lipinski definition) is 7. The first-order valence-corrected chi connectivity index (χ1v) is 7.58. The number of carbonyl (C=O) groups excluding carboxylic acids is 1. The van der Waals surface area contributed by atoms with Gasteiger partial charge in [-0.25, -0.2) is 14.9 Å². The topological polar surface area (TPSA) is 132 Å². The molecule has 0 saturated carbocycles. The van der Waals surface area contributed by atoms with Gasteiger partial charge < -0.3 is 0 Å². The largest absolute Gasteiger partial charge is 0.277 e. The molecule has 27 heavy (non-hydrogen) atoms. The van der Waals surface area contributed by atoms with E-state index in [0.29, 0.717) is 0 Å². The molecule has 0 atom stereocenters.